The van der Waals surface area contributed by atoms with Crippen molar-refractivity contribution in [1.29, 1.82) is 0 Å². The molecule has 1 N–H and O–H groups in total. The number of amides is 1. The number of carbonyl (C=O) groups excluding carboxylic acids is 3. The number of ether oxygens (including phenoxy) is 2. The van der Waals surface area contributed by atoms with Gasteiger partial charge in [0.25, 0.3) is 5.91 Å². The Kier molecular flexibility index (Phi) is 7.40. The molecule has 7 nitrogen and oxygen atoms in total. The van der Waals surface area contributed by atoms with Crippen molar-refractivity contribution >= 4 is 34.2 Å². The van der Waals surface area contributed by atoms with E-state index in [2.05, 4.69) is 5.32 Å². The normalized spacial score (nSPS) is 13.6. The third-order valence-corrected chi connectivity index (χ3v) is 7.41. The van der Waals surface area contributed by atoms with E-state index < -0.39 is 23.9 Å². The zero-order chi connectivity index (χ0) is 25.1. The Balaban J connectivity index is 1.51. The molecule has 0 saturated carbocycles. The molecule has 0 fully saturated rings. The highest BCUT2D eigenvalue weighted by Gasteiger charge is 2.29. The molecule has 0 aliphatic heterocycles. The number of hydrogen-bond donors (Lipinski definition) is 1. The molecule has 3 aromatic rings. The number of rotatable bonds is 7. The van der Waals surface area contributed by atoms with Crippen molar-refractivity contribution in [2.75, 3.05) is 11.9 Å². The first-order valence-electron chi connectivity index (χ1n) is 11.9. The summed E-state index contributed by atoms with van der Waals surface area (Å²) in [5.41, 5.74) is 4.38. The van der Waals surface area contributed by atoms with E-state index in [-0.39, 0.29) is 6.61 Å². The SMILES string of the molecule is CCOC(=O)c1c(NC(=O)C(C)OC(=O)c2cc(C)n(-c3ccccc3)c2C)sc2c1CCCC2. The Morgan fingerprint density at radius 3 is 2.51 bits per heavy atom. The molecule has 1 aromatic carbocycles. The average molecular weight is 495 g/mol. The summed E-state index contributed by atoms with van der Waals surface area (Å²) in [5.74, 6) is -1.49. The summed E-state index contributed by atoms with van der Waals surface area (Å²) in [5, 5.41) is 3.28. The second-order valence-electron chi connectivity index (χ2n) is 8.63. The predicted molar refractivity (Wildman–Crippen MR) is 136 cm³/mol. The Labute approximate surface area is 209 Å². The lowest BCUT2D eigenvalue weighted by molar-refractivity contribution is -0.123. The predicted octanol–water partition coefficient (Wildman–Crippen LogP) is 5.40. The summed E-state index contributed by atoms with van der Waals surface area (Å²) in [6.07, 6.45) is 2.68. The third kappa shape index (κ3) is 5.03. The lowest BCUT2D eigenvalue weighted by atomic mass is 9.95. The summed E-state index contributed by atoms with van der Waals surface area (Å²) in [4.78, 5) is 39.7. The van der Waals surface area contributed by atoms with Gasteiger partial charge in [-0.15, -0.1) is 11.3 Å². The molecule has 1 unspecified atom stereocenters. The number of nitrogens with one attached hydrogen (secondary N) is 1. The summed E-state index contributed by atoms with van der Waals surface area (Å²) in [7, 11) is 0. The molecule has 4 rings (SSSR count). The monoisotopic (exact) mass is 494 g/mol. The first kappa shape index (κ1) is 24.7. The zero-order valence-electron chi connectivity index (χ0n) is 20.5. The van der Waals surface area contributed by atoms with Crippen molar-refractivity contribution in [1.82, 2.24) is 4.57 Å². The fraction of sp³-hybridized carbons (Fsp3) is 0.370. The van der Waals surface area contributed by atoms with Crippen LogP contribution in [-0.2, 0) is 27.1 Å². The number of fused-ring (bicyclic) bond motifs is 1. The first-order chi connectivity index (χ1) is 16.8. The number of benzene rings is 1. The molecule has 1 amide bonds. The van der Waals surface area contributed by atoms with Crippen molar-refractivity contribution < 1.29 is 23.9 Å². The van der Waals surface area contributed by atoms with E-state index in [1.54, 1.807) is 13.0 Å². The largest absolute Gasteiger partial charge is 0.462 e. The highest BCUT2D eigenvalue weighted by atomic mass is 32.1. The number of hydrogen-bond acceptors (Lipinski definition) is 6. The number of carbonyl (C=O) groups is 3. The number of anilines is 1. The van der Waals surface area contributed by atoms with E-state index in [0.717, 1.165) is 53.2 Å². The number of thiophene rings is 1. The Bertz CT molecular complexity index is 1260. The van der Waals surface area contributed by atoms with E-state index in [9.17, 15) is 14.4 Å². The van der Waals surface area contributed by atoms with Crippen LogP contribution >= 0.6 is 11.3 Å². The number of aryl methyl sites for hydroxylation is 2. The second kappa shape index (κ2) is 10.5. The van der Waals surface area contributed by atoms with Crippen molar-refractivity contribution in [3.8, 4) is 5.69 Å². The topological polar surface area (TPSA) is 86.6 Å². The number of esters is 2. The minimum atomic E-state index is -1.04. The van der Waals surface area contributed by atoms with Gasteiger partial charge < -0.3 is 19.4 Å². The van der Waals surface area contributed by atoms with Crippen molar-refractivity contribution in [3.05, 3.63) is 69.4 Å². The maximum atomic E-state index is 13.0. The summed E-state index contributed by atoms with van der Waals surface area (Å²) >= 11 is 1.41. The zero-order valence-corrected chi connectivity index (χ0v) is 21.3. The fourth-order valence-electron chi connectivity index (χ4n) is 4.51. The van der Waals surface area contributed by atoms with Crippen LogP contribution in [-0.4, -0.2) is 35.1 Å². The molecule has 0 bridgehead atoms. The molecule has 0 radical (unpaired) electrons. The van der Waals surface area contributed by atoms with Gasteiger partial charge in [-0.1, -0.05) is 18.2 Å². The van der Waals surface area contributed by atoms with Gasteiger partial charge in [0.2, 0.25) is 0 Å². The van der Waals surface area contributed by atoms with E-state index in [0.29, 0.717) is 16.1 Å². The van der Waals surface area contributed by atoms with E-state index in [4.69, 9.17) is 9.47 Å². The summed E-state index contributed by atoms with van der Waals surface area (Å²) in [6, 6.07) is 11.5. The Morgan fingerprint density at radius 2 is 1.80 bits per heavy atom. The van der Waals surface area contributed by atoms with Crippen LogP contribution in [0.1, 0.15) is 69.2 Å². The van der Waals surface area contributed by atoms with Crippen molar-refractivity contribution in [2.45, 2.75) is 59.5 Å². The van der Waals surface area contributed by atoms with Crippen molar-refractivity contribution in [2.24, 2.45) is 0 Å². The van der Waals surface area contributed by atoms with Gasteiger partial charge in [-0.05, 0) is 77.1 Å². The van der Waals surface area contributed by atoms with Crippen LogP contribution in [0.15, 0.2) is 36.4 Å². The van der Waals surface area contributed by atoms with E-state index in [1.165, 1.54) is 18.3 Å². The first-order valence-corrected chi connectivity index (χ1v) is 12.7. The van der Waals surface area contributed by atoms with Gasteiger partial charge in [-0.25, -0.2) is 9.59 Å². The van der Waals surface area contributed by atoms with Crippen molar-refractivity contribution in [3.63, 3.8) is 0 Å². The minimum Gasteiger partial charge on any atom is -0.462 e. The second-order valence-corrected chi connectivity index (χ2v) is 9.73. The molecule has 35 heavy (non-hydrogen) atoms. The van der Waals surface area contributed by atoms with Crippen LogP contribution in [0, 0.1) is 13.8 Å². The third-order valence-electron chi connectivity index (χ3n) is 6.21. The minimum absolute atomic E-state index is 0.256. The molecule has 1 atom stereocenters. The molecule has 1 aliphatic rings. The van der Waals surface area contributed by atoms with Crippen LogP contribution in [0.4, 0.5) is 5.00 Å². The lowest BCUT2D eigenvalue weighted by Crippen LogP contribution is -2.30. The number of nitrogens with zero attached hydrogens (tertiary/aromatic N) is 1. The van der Waals surface area contributed by atoms with Gasteiger partial charge in [0, 0.05) is 22.0 Å². The van der Waals surface area contributed by atoms with Crippen LogP contribution in [0.25, 0.3) is 5.69 Å². The molecule has 184 valence electrons. The highest BCUT2D eigenvalue weighted by molar-refractivity contribution is 7.17. The quantitative estimate of drug-likeness (QED) is 0.445. The molecule has 0 spiro atoms. The van der Waals surface area contributed by atoms with E-state index >= 15 is 0 Å². The number of para-hydroxylation sites is 1. The lowest BCUT2D eigenvalue weighted by Gasteiger charge is -2.15. The van der Waals surface area contributed by atoms with Gasteiger partial charge >= 0.3 is 11.9 Å². The maximum absolute atomic E-state index is 13.0. The van der Waals surface area contributed by atoms with Gasteiger partial charge in [-0.3, -0.25) is 4.79 Å². The maximum Gasteiger partial charge on any atom is 0.341 e. The molecular weight excluding hydrogens is 464 g/mol. The van der Waals surface area contributed by atoms with Gasteiger partial charge in [0.1, 0.15) is 5.00 Å². The van der Waals surface area contributed by atoms with E-state index in [1.807, 2.05) is 48.7 Å². The Hall–Kier alpha value is -3.39. The fourth-order valence-corrected chi connectivity index (χ4v) is 5.79. The summed E-state index contributed by atoms with van der Waals surface area (Å²) < 4.78 is 12.8. The summed E-state index contributed by atoms with van der Waals surface area (Å²) in [6.45, 7) is 7.31. The van der Waals surface area contributed by atoms with Gasteiger partial charge in [0.05, 0.1) is 17.7 Å². The molecule has 2 aromatic heterocycles. The van der Waals surface area contributed by atoms with Crippen LogP contribution < -0.4 is 5.32 Å². The van der Waals surface area contributed by atoms with Crippen LogP contribution in [0.2, 0.25) is 0 Å². The highest BCUT2D eigenvalue weighted by Crippen LogP contribution is 2.38. The van der Waals surface area contributed by atoms with Gasteiger partial charge in [0.15, 0.2) is 6.10 Å². The molecule has 0 saturated heterocycles. The molecular formula is C27H30N2O5S. The van der Waals surface area contributed by atoms with Crippen LogP contribution in [0.5, 0.6) is 0 Å². The van der Waals surface area contributed by atoms with Crippen LogP contribution in [0.3, 0.4) is 0 Å². The molecule has 2 heterocycles. The standard InChI is InChI=1S/C27H30N2O5S/c1-5-33-27(32)23-20-13-9-10-14-22(20)35-25(23)28-24(30)18(4)34-26(31)21-15-16(2)29(17(21)3)19-11-7-6-8-12-19/h6-8,11-12,15,18H,5,9-10,13-14H2,1-4H3,(H,28,30). The Morgan fingerprint density at radius 1 is 1.09 bits per heavy atom. The smallest absolute Gasteiger partial charge is 0.341 e. The molecule has 8 heteroatoms. The number of aromatic nitrogens is 1. The van der Waals surface area contributed by atoms with Gasteiger partial charge in [-0.2, -0.15) is 0 Å². The average Bonchev–Trinajstić information content (AvgIpc) is 3.35. The molecule has 1 aliphatic carbocycles.